The number of amides is 1. The SMILES string of the molecule is CCC(=O)N(C)C1(c2nnnn2-c2ccccc2C(=O)OC)CCCCC1. The molecule has 3 rings (SSSR count). The highest BCUT2D eigenvalue weighted by molar-refractivity contribution is 5.93. The average molecular weight is 371 g/mol. The highest BCUT2D eigenvalue weighted by atomic mass is 16.5. The number of hydrogen-bond acceptors (Lipinski definition) is 6. The van der Waals surface area contributed by atoms with E-state index < -0.39 is 11.5 Å². The third-order valence-electron chi connectivity index (χ3n) is 5.42. The zero-order chi connectivity index (χ0) is 19.4. The van der Waals surface area contributed by atoms with Crippen LogP contribution in [0.25, 0.3) is 5.69 Å². The molecule has 1 aliphatic rings. The number of benzene rings is 1. The number of tetrazole rings is 1. The molecule has 1 fully saturated rings. The number of carbonyl (C=O) groups is 2. The van der Waals surface area contributed by atoms with Crippen LogP contribution in [0, 0.1) is 0 Å². The topological polar surface area (TPSA) is 90.2 Å². The molecule has 144 valence electrons. The van der Waals surface area contributed by atoms with Crippen LogP contribution in [0.1, 0.15) is 61.6 Å². The van der Waals surface area contributed by atoms with Crippen molar-refractivity contribution in [2.75, 3.05) is 14.2 Å². The first-order valence-electron chi connectivity index (χ1n) is 9.28. The van der Waals surface area contributed by atoms with Gasteiger partial charge in [0.05, 0.1) is 18.4 Å². The maximum atomic E-state index is 12.6. The summed E-state index contributed by atoms with van der Waals surface area (Å²) in [6, 6.07) is 7.05. The van der Waals surface area contributed by atoms with Crippen molar-refractivity contribution in [2.24, 2.45) is 0 Å². The summed E-state index contributed by atoms with van der Waals surface area (Å²) in [7, 11) is 3.16. The van der Waals surface area contributed by atoms with Crippen LogP contribution in [0.2, 0.25) is 0 Å². The smallest absolute Gasteiger partial charge is 0.340 e. The van der Waals surface area contributed by atoms with Gasteiger partial charge in [-0.25, -0.2) is 4.79 Å². The predicted octanol–water partition coefficient (Wildman–Crippen LogP) is 2.48. The zero-order valence-electron chi connectivity index (χ0n) is 16.0. The van der Waals surface area contributed by atoms with E-state index in [-0.39, 0.29) is 5.91 Å². The molecule has 1 heterocycles. The first-order valence-corrected chi connectivity index (χ1v) is 9.28. The predicted molar refractivity (Wildman–Crippen MR) is 98.3 cm³/mol. The van der Waals surface area contributed by atoms with Crippen LogP contribution >= 0.6 is 0 Å². The molecule has 0 N–H and O–H groups in total. The van der Waals surface area contributed by atoms with Crippen LogP contribution in [0.15, 0.2) is 24.3 Å². The molecule has 0 saturated heterocycles. The Morgan fingerprint density at radius 1 is 1.22 bits per heavy atom. The van der Waals surface area contributed by atoms with Crippen LogP contribution in [0.5, 0.6) is 0 Å². The molecule has 1 aromatic carbocycles. The van der Waals surface area contributed by atoms with Gasteiger partial charge >= 0.3 is 5.97 Å². The monoisotopic (exact) mass is 371 g/mol. The largest absolute Gasteiger partial charge is 0.465 e. The lowest BCUT2D eigenvalue weighted by Crippen LogP contribution is -2.50. The second-order valence-corrected chi connectivity index (χ2v) is 6.82. The summed E-state index contributed by atoms with van der Waals surface area (Å²) in [6.45, 7) is 1.85. The summed E-state index contributed by atoms with van der Waals surface area (Å²) in [4.78, 5) is 26.6. The standard InChI is InChI=1S/C19H25N5O3/c1-4-16(25)23(2)19(12-8-5-9-13-19)18-20-21-22-24(18)15-11-7-6-10-14(15)17(26)27-3/h6-7,10-11H,4-5,8-9,12-13H2,1-3H3. The van der Waals surface area contributed by atoms with Crippen LogP contribution in [0.3, 0.4) is 0 Å². The van der Waals surface area contributed by atoms with Crippen molar-refractivity contribution in [3.8, 4) is 5.69 Å². The number of nitrogens with zero attached hydrogens (tertiary/aromatic N) is 5. The molecule has 8 nitrogen and oxygen atoms in total. The summed E-state index contributed by atoms with van der Waals surface area (Å²) < 4.78 is 6.48. The van der Waals surface area contributed by atoms with E-state index in [2.05, 4.69) is 15.5 Å². The van der Waals surface area contributed by atoms with Crippen molar-refractivity contribution in [1.82, 2.24) is 25.1 Å². The molecule has 1 saturated carbocycles. The highest BCUT2D eigenvalue weighted by Gasteiger charge is 2.44. The molecule has 0 unspecified atom stereocenters. The number of hydrogen-bond donors (Lipinski definition) is 0. The number of carbonyl (C=O) groups excluding carboxylic acids is 2. The van der Waals surface area contributed by atoms with Gasteiger partial charge < -0.3 is 9.64 Å². The Balaban J connectivity index is 2.15. The Hall–Kier alpha value is -2.77. The van der Waals surface area contributed by atoms with E-state index in [0.29, 0.717) is 23.5 Å². The lowest BCUT2D eigenvalue weighted by Gasteiger charge is -2.43. The lowest BCUT2D eigenvalue weighted by molar-refractivity contribution is -0.137. The summed E-state index contributed by atoms with van der Waals surface area (Å²) in [6.07, 6.45) is 5.10. The molecule has 0 atom stereocenters. The Morgan fingerprint density at radius 2 is 1.93 bits per heavy atom. The number of ether oxygens (including phenoxy) is 1. The van der Waals surface area contributed by atoms with Crippen LogP contribution in [-0.2, 0) is 15.1 Å². The van der Waals surface area contributed by atoms with E-state index in [1.165, 1.54) is 7.11 Å². The Morgan fingerprint density at radius 3 is 2.59 bits per heavy atom. The van der Waals surface area contributed by atoms with Gasteiger partial charge in [-0.1, -0.05) is 38.3 Å². The quantitative estimate of drug-likeness (QED) is 0.750. The first-order chi connectivity index (χ1) is 13.0. The second-order valence-electron chi connectivity index (χ2n) is 6.82. The Bertz CT molecular complexity index is 826. The fourth-order valence-electron chi connectivity index (χ4n) is 3.90. The molecule has 8 heteroatoms. The molecule has 1 aliphatic carbocycles. The number of esters is 1. The molecule has 0 spiro atoms. The zero-order valence-corrected chi connectivity index (χ0v) is 16.0. The van der Waals surface area contributed by atoms with Crippen LogP contribution in [0.4, 0.5) is 0 Å². The van der Waals surface area contributed by atoms with Crippen molar-refractivity contribution in [2.45, 2.75) is 51.0 Å². The molecule has 27 heavy (non-hydrogen) atoms. The van der Waals surface area contributed by atoms with Gasteiger partial charge in [0, 0.05) is 13.5 Å². The highest BCUT2D eigenvalue weighted by Crippen LogP contribution is 2.41. The van der Waals surface area contributed by atoms with E-state index >= 15 is 0 Å². The lowest BCUT2D eigenvalue weighted by atomic mass is 9.79. The van der Waals surface area contributed by atoms with Crippen molar-refractivity contribution in [3.05, 3.63) is 35.7 Å². The molecular weight excluding hydrogens is 346 g/mol. The van der Waals surface area contributed by atoms with Crippen LogP contribution in [-0.4, -0.2) is 51.1 Å². The first kappa shape index (κ1) is 19.0. The number of para-hydroxylation sites is 1. The minimum Gasteiger partial charge on any atom is -0.465 e. The molecule has 1 amide bonds. The van der Waals surface area contributed by atoms with Crippen molar-refractivity contribution >= 4 is 11.9 Å². The maximum absolute atomic E-state index is 12.6. The van der Waals surface area contributed by atoms with E-state index in [4.69, 9.17) is 4.74 Å². The molecule has 0 radical (unpaired) electrons. The minimum absolute atomic E-state index is 0.0488. The average Bonchev–Trinajstić information content (AvgIpc) is 3.22. The van der Waals surface area contributed by atoms with E-state index in [9.17, 15) is 9.59 Å². The van der Waals surface area contributed by atoms with Gasteiger partial charge in [-0.3, -0.25) is 4.79 Å². The number of rotatable bonds is 5. The molecule has 1 aromatic heterocycles. The van der Waals surface area contributed by atoms with Gasteiger partial charge in [0.15, 0.2) is 5.82 Å². The van der Waals surface area contributed by atoms with Gasteiger partial charge in [-0.2, -0.15) is 4.68 Å². The van der Waals surface area contributed by atoms with Gasteiger partial charge in [-0.15, -0.1) is 5.10 Å². The molecule has 0 bridgehead atoms. The third kappa shape index (κ3) is 3.31. The normalized spacial score (nSPS) is 16.0. The number of aromatic nitrogens is 4. The summed E-state index contributed by atoms with van der Waals surface area (Å²) in [5.41, 5.74) is 0.341. The molecular formula is C19H25N5O3. The third-order valence-corrected chi connectivity index (χ3v) is 5.42. The fourth-order valence-corrected chi connectivity index (χ4v) is 3.90. The Labute approximate surface area is 158 Å². The van der Waals surface area contributed by atoms with E-state index in [1.807, 2.05) is 20.0 Å². The summed E-state index contributed by atoms with van der Waals surface area (Å²) >= 11 is 0. The summed E-state index contributed by atoms with van der Waals surface area (Å²) in [5, 5.41) is 12.4. The minimum atomic E-state index is -0.585. The van der Waals surface area contributed by atoms with Crippen molar-refractivity contribution in [3.63, 3.8) is 0 Å². The van der Waals surface area contributed by atoms with E-state index in [1.54, 1.807) is 27.8 Å². The maximum Gasteiger partial charge on any atom is 0.340 e. The van der Waals surface area contributed by atoms with Crippen molar-refractivity contribution < 1.29 is 14.3 Å². The second kappa shape index (κ2) is 7.85. The van der Waals surface area contributed by atoms with Crippen LogP contribution < -0.4 is 0 Å². The van der Waals surface area contributed by atoms with Gasteiger partial charge in [0.1, 0.15) is 5.54 Å². The fraction of sp³-hybridized carbons (Fsp3) is 0.526. The van der Waals surface area contributed by atoms with Gasteiger partial charge in [0.2, 0.25) is 5.91 Å². The van der Waals surface area contributed by atoms with Crippen molar-refractivity contribution in [1.29, 1.82) is 0 Å². The molecule has 2 aromatic rings. The number of methoxy groups -OCH3 is 1. The van der Waals surface area contributed by atoms with Gasteiger partial charge in [-0.05, 0) is 35.4 Å². The van der Waals surface area contributed by atoms with E-state index in [0.717, 1.165) is 32.1 Å². The molecule has 0 aliphatic heterocycles. The van der Waals surface area contributed by atoms with Gasteiger partial charge in [0.25, 0.3) is 0 Å². The summed E-state index contributed by atoms with van der Waals surface area (Å²) in [5.74, 6) is 0.179. The Kier molecular flexibility index (Phi) is 5.53.